The maximum Gasteiger partial charge on any atom is 0.334 e. The smallest absolute Gasteiger partial charge is 0.334 e. The molecule has 0 amide bonds. The summed E-state index contributed by atoms with van der Waals surface area (Å²) < 4.78 is 21.5. The summed E-state index contributed by atoms with van der Waals surface area (Å²) in [5, 5.41) is 10.4. The number of carbonyl (C=O) groups excluding carboxylic acids is 3. The quantitative estimate of drug-likeness (QED) is 0.0741. The second-order valence-corrected chi connectivity index (χ2v) is 9.87. The van der Waals surface area contributed by atoms with E-state index in [4.69, 9.17) is 18.9 Å². The Labute approximate surface area is 239 Å². The van der Waals surface area contributed by atoms with Gasteiger partial charge in [0.15, 0.2) is 0 Å². The van der Waals surface area contributed by atoms with Gasteiger partial charge in [0, 0.05) is 23.1 Å². The van der Waals surface area contributed by atoms with Crippen molar-refractivity contribution in [2.75, 3.05) is 26.4 Å². The first-order valence-corrected chi connectivity index (χ1v) is 14.0. The van der Waals surface area contributed by atoms with Gasteiger partial charge in [0.05, 0.1) is 18.8 Å². The number of carbonyl (C=O) groups is 4. The lowest BCUT2D eigenvalue weighted by molar-refractivity contribution is -0.147. The molecule has 0 fully saturated rings. The van der Waals surface area contributed by atoms with Crippen LogP contribution in [0, 0.1) is 5.92 Å². The lowest BCUT2D eigenvalue weighted by Gasteiger charge is -2.25. The van der Waals surface area contributed by atoms with Gasteiger partial charge in [0.25, 0.3) is 0 Å². The van der Waals surface area contributed by atoms with Gasteiger partial charge in [-0.25, -0.2) is 19.2 Å². The van der Waals surface area contributed by atoms with E-state index in [0.717, 1.165) is 32.1 Å². The SMILES string of the molecule is C=C(C)C(=O)OCCOC(COC(=O)C(=C)C)C(C(=O)O)=C(CC(=C)C(=O)OCCCC)CC(CC)CCCC. The Morgan fingerprint density at radius 2 is 1.35 bits per heavy atom. The van der Waals surface area contributed by atoms with E-state index >= 15 is 0 Å². The summed E-state index contributed by atoms with van der Waals surface area (Å²) in [6.45, 7) is 19.5. The first-order valence-electron chi connectivity index (χ1n) is 14.0. The van der Waals surface area contributed by atoms with Gasteiger partial charge < -0.3 is 24.1 Å². The highest BCUT2D eigenvalue weighted by atomic mass is 16.6. The minimum absolute atomic E-state index is 0.0336. The second kappa shape index (κ2) is 20.7. The third-order valence-corrected chi connectivity index (χ3v) is 6.16. The Morgan fingerprint density at radius 1 is 0.775 bits per heavy atom. The van der Waals surface area contributed by atoms with Crippen molar-refractivity contribution in [1.29, 1.82) is 0 Å². The van der Waals surface area contributed by atoms with E-state index in [2.05, 4.69) is 26.7 Å². The molecular weight excluding hydrogens is 516 g/mol. The number of aliphatic carboxylic acids is 1. The number of carboxylic acid groups (broad SMARTS) is 1. The molecule has 9 nitrogen and oxygen atoms in total. The molecule has 0 aromatic carbocycles. The normalized spacial score (nSPS) is 12.9. The van der Waals surface area contributed by atoms with E-state index in [1.807, 2.05) is 13.8 Å². The molecule has 0 rings (SSSR count). The van der Waals surface area contributed by atoms with Crippen molar-refractivity contribution in [2.45, 2.75) is 92.1 Å². The molecule has 1 N–H and O–H groups in total. The number of rotatable bonds is 22. The molecule has 0 aliphatic rings. The zero-order valence-electron chi connectivity index (χ0n) is 25.0. The van der Waals surface area contributed by atoms with Crippen LogP contribution in [0.5, 0.6) is 0 Å². The van der Waals surface area contributed by atoms with Crippen LogP contribution >= 0.6 is 0 Å². The molecule has 0 aliphatic carbocycles. The van der Waals surface area contributed by atoms with Gasteiger partial charge in [-0.1, -0.05) is 78.2 Å². The van der Waals surface area contributed by atoms with Gasteiger partial charge >= 0.3 is 23.9 Å². The monoisotopic (exact) mass is 564 g/mol. The van der Waals surface area contributed by atoms with Crippen LogP contribution in [0.15, 0.2) is 47.6 Å². The van der Waals surface area contributed by atoms with Crippen LogP contribution in [0.25, 0.3) is 0 Å². The van der Waals surface area contributed by atoms with Gasteiger partial charge in [0.2, 0.25) is 0 Å². The van der Waals surface area contributed by atoms with Crippen LogP contribution in [0.2, 0.25) is 0 Å². The zero-order chi connectivity index (χ0) is 30.7. The van der Waals surface area contributed by atoms with E-state index in [0.29, 0.717) is 18.4 Å². The van der Waals surface area contributed by atoms with Crippen molar-refractivity contribution in [3.05, 3.63) is 47.6 Å². The summed E-state index contributed by atoms with van der Waals surface area (Å²) >= 11 is 0. The third kappa shape index (κ3) is 14.8. The topological polar surface area (TPSA) is 125 Å². The molecule has 0 heterocycles. The van der Waals surface area contributed by atoms with Crippen molar-refractivity contribution in [3.63, 3.8) is 0 Å². The summed E-state index contributed by atoms with van der Waals surface area (Å²) in [4.78, 5) is 49.2. The van der Waals surface area contributed by atoms with Crippen molar-refractivity contribution >= 4 is 23.9 Å². The fourth-order valence-electron chi connectivity index (χ4n) is 3.76. The highest BCUT2D eigenvalue weighted by molar-refractivity contribution is 5.92. The summed E-state index contributed by atoms with van der Waals surface area (Å²) in [7, 11) is 0. The van der Waals surface area contributed by atoms with Gasteiger partial charge in [-0.3, -0.25) is 0 Å². The number of esters is 3. The number of hydrogen-bond acceptors (Lipinski definition) is 8. The number of allylic oxidation sites excluding steroid dienone is 1. The molecule has 0 saturated heterocycles. The standard InChI is InChI=1S/C31H48O9/c1-9-12-14-24(11-3)19-25(18-23(8)31(36)38-15-13-10-2)27(28(32)33)26(20-40-30(35)22(6)7)37-16-17-39-29(34)21(4)5/h24,26H,4,6,8-20H2,1-3,5,7H3,(H,32,33). The van der Waals surface area contributed by atoms with E-state index in [9.17, 15) is 24.3 Å². The Bertz CT molecular complexity index is 929. The lowest BCUT2D eigenvalue weighted by Crippen LogP contribution is -2.31. The average Bonchev–Trinajstić information content (AvgIpc) is 2.90. The molecule has 2 unspecified atom stereocenters. The van der Waals surface area contributed by atoms with E-state index in [1.165, 1.54) is 13.8 Å². The van der Waals surface area contributed by atoms with Crippen LogP contribution in [-0.2, 0) is 38.1 Å². The second-order valence-electron chi connectivity index (χ2n) is 9.87. The van der Waals surface area contributed by atoms with Crippen molar-refractivity contribution in [3.8, 4) is 0 Å². The number of ether oxygens (including phenoxy) is 4. The van der Waals surface area contributed by atoms with Crippen LogP contribution in [0.1, 0.15) is 86.0 Å². The first kappa shape index (κ1) is 36.8. The first-order chi connectivity index (χ1) is 18.9. The third-order valence-electron chi connectivity index (χ3n) is 6.16. The van der Waals surface area contributed by atoms with Crippen LogP contribution < -0.4 is 0 Å². The Balaban J connectivity index is 6.38. The van der Waals surface area contributed by atoms with E-state index < -0.39 is 36.6 Å². The summed E-state index contributed by atoms with van der Waals surface area (Å²) in [6.07, 6.45) is 4.35. The highest BCUT2D eigenvalue weighted by Gasteiger charge is 2.29. The molecule has 9 heteroatoms. The van der Waals surface area contributed by atoms with Crippen molar-refractivity contribution in [2.24, 2.45) is 5.92 Å². The fourth-order valence-corrected chi connectivity index (χ4v) is 3.76. The molecule has 40 heavy (non-hydrogen) atoms. The Kier molecular flexibility index (Phi) is 19.0. The largest absolute Gasteiger partial charge is 0.478 e. The zero-order valence-corrected chi connectivity index (χ0v) is 25.0. The summed E-state index contributed by atoms with van der Waals surface area (Å²) in [5.41, 5.74) is 0.802. The molecule has 0 radical (unpaired) electrons. The molecule has 0 saturated carbocycles. The molecule has 0 bridgehead atoms. The number of unbranched alkanes of at least 4 members (excludes halogenated alkanes) is 2. The Hall–Kier alpha value is -3.20. The van der Waals surface area contributed by atoms with Gasteiger partial charge in [0.1, 0.15) is 19.3 Å². The van der Waals surface area contributed by atoms with Crippen LogP contribution in [0.3, 0.4) is 0 Å². The summed E-state index contributed by atoms with van der Waals surface area (Å²) in [6, 6.07) is 0. The van der Waals surface area contributed by atoms with Crippen molar-refractivity contribution in [1.82, 2.24) is 0 Å². The maximum absolute atomic E-state index is 12.7. The van der Waals surface area contributed by atoms with Crippen LogP contribution in [0.4, 0.5) is 0 Å². The summed E-state index contributed by atoms with van der Waals surface area (Å²) in [5.74, 6) is -3.02. The number of carboxylic acids is 1. The minimum atomic E-state index is -1.28. The van der Waals surface area contributed by atoms with Gasteiger partial charge in [-0.15, -0.1) is 0 Å². The van der Waals surface area contributed by atoms with E-state index in [1.54, 1.807) is 0 Å². The van der Waals surface area contributed by atoms with Crippen molar-refractivity contribution < 1.29 is 43.2 Å². The Morgan fingerprint density at radius 3 is 1.88 bits per heavy atom. The highest BCUT2D eigenvalue weighted by Crippen LogP contribution is 2.30. The molecule has 0 aromatic rings. The molecule has 0 aromatic heterocycles. The molecule has 0 aliphatic heterocycles. The predicted octanol–water partition coefficient (Wildman–Crippen LogP) is 5.89. The molecule has 226 valence electrons. The van der Waals surface area contributed by atoms with Crippen LogP contribution in [-0.4, -0.2) is 61.5 Å². The molecular formula is C31H48O9. The lowest BCUT2D eigenvalue weighted by atomic mass is 9.85. The van der Waals surface area contributed by atoms with Gasteiger partial charge in [-0.2, -0.15) is 0 Å². The molecule has 0 spiro atoms. The average molecular weight is 565 g/mol. The predicted molar refractivity (Wildman–Crippen MR) is 153 cm³/mol. The minimum Gasteiger partial charge on any atom is -0.478 e. The maximum atomic E-state index is 12.7. The number of hydrogen-bond donors (Lipinski definition) is 1. The van der Waals surface area contributed by atoms with Gasteiger partial charge in [-0.05, 0) is 32.6 Å². The van der Waals surface area contributed by atoms with E-state index in [-0.39, 0.29) is 54.5 Å². The molecule has 2 atom stereocenters. The fraction of sp³-hybridized carbons (Fsp3) is 0.613.